The fourth-order valence-electron chi connectivity index (χ4n) is 2.84. The third-order valence-corrected chi connectivity index (χ3v) is 4.35. The van der Waals surface area contributed by atoms with Gasteiger partial charge in [0.2, 0.25) is 0 Å². The van der Waals surface area contributed by atoms with E-state index in [2.05, 4.69) is 4.57 Å². The molecule has 4 nitrogen and oxygen atoms in total. The molecule has 0 atom stereocenters. The van der Waals surface area contributed by atoms with Crippen LogP contribution >= 0.6 is 11.6 Å². The van der Waals surface area contributed by atoms with Gasteiger partial charge in [0.1, 0.15) is 18.2 Å². The summed E-state index contributed by atoms with van der Waals surface area (Å²) in [5.74, 6) is 1.78. The van der Waals surface area contributed by atoms with E-state index in [0.29, 0.717) is 11.6 Å². The van der Waals surface area contributed by atoms with Crippen LogP contribution in [0.3, 0.4) is 0 Å². The van der Waals surface area contributed by atoms with Crippen molar-refractivity contribution in [2.75, 3.05) is 13.2 Å². The molecule has 0 radical (unpaired) electrons. The Balaban J connectivity index is 1.83. The van der Waals surface area contributed by atoms with Crippen molar-refractivity contribution in [1.29, 1.82) is 0 Å². The minimum atomic E-state index is 0.422. The Labute approximate surface area is 153 Å². The van der Waals surface area contributed by atoms with Gasteiger partial charge in [-0.1, -0.05) is 29.8 Å². The molecule has 1 aromatic heterocycles. The van der Waals surface area contributed by atoms with Gasteiger partial charge in [-0.2, -0.15) is 0 Å². The Bertz CT molecular complexity index is 845. The van der Waals surface area contributed by atoms with Crippen molar-refractivity contribution in [3.8, 4) is 5.75 Å². The zero-order valence-electron chi connectivity index (χ0n) is 14.7. The monoisotopic (exact) mass is 358 g/mol. The molecule has 0 saturated heterocycles. The van der Waals surface area contributed by atoms with E-state index in [0.717, 1.165) is 54.4 Å². The van der Waals surface area contributed by atoms with Gasteiger partial charge in [0.05, 0.1) is 11.0 Å². The van der Waals surface area contributed by atoms with Crippen LogP contribution in [0.25, 0.3) is 11.0 Å². The summed E-state index contributed by atoms with van der Waals surface area (Å²) in [5.41, 5.74) is 3.08. The van der Waals surface area contributed by atoms with Crippen LogP contribution < -0.4 is 4.74 Å². The number of fused-ring (bicyclic) bond motifs is 1. The molecule has 0 aliphatic rings. The predicted molar refractivity (Wildman–Crippen MR) is 101 cm³/mol. The van der Waals surface area contributed by atoms with Crippen LogP contribution in [0.1, 0.15) is 24.7 Å². The molecule has 2 aromatic carbocycles. The first-order chi connectivity index (χ1) is 12.2. The first kappa shape index (κ1) is 17.8. The lowest BCUT2D eigenvalue weighted by molar-refractivity contribution is 0.141. The Morgan fingerprint density at radius 2 is 2.00 bits per heavy atom. The normalized spacial score (nSPS) is 11.2. The van der Waals surface area contributed by atoms with E-state index in [4.69, 9.17) is 26.1 Å². The molecule has 0 N–H and O–H groups in total. The smallest absolute Gasteiger partial charge is 0.148 e. The highest BCUT2D eigenvalue weighted by molar-refractivity contribution is 6.31. The Morgan fingerprint density at radius 3 is 2.80 bits per heavy atom. The summed E-state index contributed by atoms with van der Waals surface area (Å²) in [4.78, 5) is 4.74. The van der Waals surface area contributed by atoms with Crippen molar-refractivity contribution < 1.29 is 9.47 Å². The lowest BCUT2D eigenvalue weighted by Gasteiger charge is -2.12. The van der Waals surface area contributed by atoms with Crippen molar-refractivity contribution in [3.63, 3.8) is 0 Å². The molecule has 0 saturated carbocycles. The molecule has 3 aromatic rings. The summed E-state index contributed by atoms with van der Waals surface area (Å²) >= 11 is 6.18. The number of ether oxygens (including phenoxy) is 2. The van der Waals surface area contributed by atoms with Crippen LogP contribution in [0.4, 0.5) is 0 Å². The molecular formula is C20H23ClN2O2. The van der Waals surface area contributed by atoms with Gasteiger partial charge in [0, 0.05) is 24.8 Å². The van der Waals surface area contributed by atoms with E-state index < -0.39 is 0 Å². The minimum Gasteiger partial charge on any atom is -0.485 e. The van der Waals surface area contributed by atoms with Crippen molar-refractivity contribution in [1.82, 2.24) is 9.55 Å². The molecular weight excluding hydrogens is 336 g/mol. The van der Waals surface area contributed by atoms with E-state index in [1.54, 1.807) is 0 Å². The highest BCUT2D eigenvalue weighted by atomic mass is 35.5. The molecule has 0 amide bonds. The first-order valence-electron chi connectivity index (χ1n) is 8.60. The van der Waals surface area contributed by atoms with Gasteiger partial charge in [0.15, 0.2) is 0 Å². The number of rotatable bonds is 8. The maximum absolute atomic E-state index is 6.18. The molecule has 3 rings (SSSR count). The Kier molecular flexibility index (Phi) is 5.95. The fourth-order valence-corrected chi connectivity index (χ4v) is 3.00. The number of hydrogen-bond donors (Lipinski definition) is 0. The Hall–Kier alpha value is -2.04. The highest BCUT2D eigenvalue weighted by Gasteiger charge is 2.12. The zero-order chi connectivity index (χ0) is 17.6. The second-order valence-corrected chi connectivity index (χ2v) is 6.35. The number of aromatic nitrogens is 2. The van der Waals surface area contributed by atoms with Crippen LogP contribution in [0.5, 0.6) is 5.75 Å². The molecule has 132 valence electrons. The number of para-hydroxylation sites is 1. The van der Waals surface area contributed by atoms with Crippen molar-refractivity contribution in [3.05, 3.63) is 58.9 Å². The summed E-state index contributed by atoms with van der Waals surface area (Å²) < 4.78 is 13.6. The van der Waals surface area contributed by atoms with Crippen LogP contribution in [0, 0.1) is 6.92 Å². The van der Waals surface area contributed by atoms with Gasteiger partial charge in [0.25, 0.3) is 0 Å². The maximum atomic E-state index is 6.18. The average molecular weight is 359 g/mol. The van der Waals surface area contributed by atoms with Gasteiger partial charge in [-0.25, -0.2) is 4.98 Å². The number of benzene rings is 2. The summed E-state index contributed by atoms with van der Waals surface area (Å²) in [5, 5.41) is 0.713. The largest absolute Gasteiger partial charge is 0.485 e. The SMILES string of the molecule is CCOCCCn1c(COc2ccccc2C)nc2ccc(Cl)cc21. The highest BCUT2D eigenvalue weighted by Crippen LogP contribution is 2.23. The van der Waals surface area contributed by atoms with Crippen LogP contribution in [0.2, 0.25) is 5.02 Å². The number of halogens is 1. The number of aryl methyl sites for hydroxylation is 2. The van der Waals surface area contributed by atoms with Gasteiger partial charge in [-0.15, -0.1) is 0 Å². The molecule has 5 heteroatoms. The lowest BCUT2D eigenvalue weighted by atomic mass is 10.2. The van der Waals surface area contributed by atoms with E-state index in [-0.39, 0.29) is 0 Å². The van der Waals surface area contributed by atoms with Crippen LogP contribution in [-0.2, 0) is 17.9 Å². The van der Waals surface area contributed by atoms with E-state index in [1.165, 1.54) is 0 Å². The van der Waals surface area contributed by atoms with Crippen molar-refractivity contribution in [2.45, 2.75) is 33.4 Å². The van der Waals surface area contributed by atoms with Gasteiger partial charge < -0.3 is 14.0 Å². The van der Waals surface area contributed by atoms with Crippen molar-refractivity contribution >= 4 is 22.6 Å². The fraction of sp³-hybridized carbons (Fsp3) is 0.350. The zero-order valence-corrected chi connectivity index (χ0v) is 15.4. The quantitative estimate of drug-likeness (QED) is 0.531. The molecule has 0 unspecified atom stereocenters. The summed E-state index contributed by atoms with van der Waals surface area (Å²) in [6.07, 6.45) is 0.920. The van der Waals surface area contributed by atoms with E-state index in [1.807, 2.05) is 56.3 Å². The lowest BCUT2D eigenvalue weighted by Crippen LogP contribution is -2.09. The molecule has 0 aliphatic heterocycles. The summed E-state index contributed by atoms with van der Waals surface area (Å²) in [6.45, 7) is 6.76. The standard InChI is InChI=1S/C20H23ClN2O2/c1-3-24-12-6-11-23-18-13-16(21)9-10-17(18)22-20(23)14-25-19-8-5-4-7-15(19)2/h4-5,7-10,13H,3,6,11-12,14H2,1-2H3. The minimum absolute atomic E-state index is 0.422. The summed E-state index contributed by atoms with van der Waals surface area (Å²) in [7, 11) is 0. The number of imidazole rings is 1. The maximum Gasteiger partial charge on any atom is 0.148 e. The Morgan fingerprint density at radius 1 is 1.16 bits per heavy atom. The van der Waals surface area contributed by atoms with Crippen LogP contribution in [0.15, 0.2) is 42.5 Å². The van der Waals surface area contributed by atoms with Gasteiger partial charge in [-0.05, 0) is 50.1 Å². The average Bonchev–Trinajstić information content (AvgIpc) is 2.95. The molecule has 0 bridgehead atoms. The van der Waals surface area contributed by atoms with Crippen molar-refractivity contribution in [2.24, 2.45) is 0 Å². The molecule has 0 spiro atoms. The molecule has 0 fully saturated rings. The number of nitrogens with zero attached hydrogens (tertiary/aromatic N) is 2. The van der Waals surface area contributed by atoms with E-state index >= 15 is 0 Å². The van der Waals surface area contributed by atoms with Crippen LogP contribution in [-0.4, -0.2) is 22.8 Å². The van der Waals surface area contributed by atoms with Gasteiger partial charge in [-0.3, -0.25) is 0 Å². The second kappa shape index (κ2) is 8.37. The number of hydrogen-bond acceptors (Lipinski definition) is 3. The molecule has 0 aliphatic carbocycles. The topological polar surface area (TPSA) is 36.3 Å². The summed E-state index contributed by atoms with van der Waals surface area (Å²) in [6, 6.07) is 13.8. The third-order valence-electron chi connectivity index (χ3n) is 4.11. The second-order valence-electron chi connectivity index (χ2n) is 5.92. The predicted octanol–water partition coefficient (Wildman–Crippen LogP) is 5.00. The molecule has 25 heavy (non-hydrogen) atoms. The van der Waals surface area contributed by atoms with Gasteiger partial charge >= 0.3 is 0 Å². The van der Waals surface area contributed by atoms with E-state index in [9.17, 15) is 0 Å². The first-order valence-corrected chi connectivity index (χ1v) is 8.97. The third kappa shape index (κ3) is 4.33. The molecule has 1 heterocycles.